The van der Waals surface area contributed by atoms with Gasteiger partial charge in [-0.3, -0.25) is 0 Å². The maximum Gasteiger partial charge on any atom is 0.338 e. The van der Waals surface area contributed by atoms with E-state index in [1.807, 2.05) is 44.2 Å². The zero-order valence-electron chi connectivity index (χ0n) is 17.0. The Hall–Kier alpha value is -2.41. The highest BCUT2D eigenvalue weighted by molar-refractivity contribution is 5.89. The number of benzene rings is 2. The van der Waals surface area contributed by atoms with Crippen molar-refractivity contribution in [3.8, 4) is 5.75 Å². The first-order valence-electron chi connectivity index (χ1n) is 9.80. The molecule has 6 nitrogen and oxygen atoms in total. The maximum atomic E-state index is 12.6. The molecular weight excluding hydrogens is 372 g/mol. The molecule has 0 bridgehead atoms. The lowest BCUT2D eigenvalue weighted by molar-refractivity contribution is -0.215. The van der Waals surface area contributed by atoms with Gasteiger partial charge in [0.15, 0.2) is 6.10 Å². The molecule has 0 aliphatic carbocycles. The van der Waals surface area contributed by atoms with Gasteiger partial charge in [0.1, 0.15) is 11.9 Å². The molecule has 156 valence electrons. The molecule has 3 rings (SSSR count). The van der Waals surface area contributed by atoms with Crippen LogP contribution in [0.15, 0.2) is 54.6 Å². The van der Waals surface area contributed by atoms with Crippen LogP contribution >= 0.6 is 0 Å². The molecule has 1 N–H and O–H groups in total. The Balaban J connectivity index is 1.74. The predicted octanol–water partition coefficient (Wildman–Crippen LogP) is 3.22. The van der Waals surface area contributed by atoms with Gasteiger partial charge in [-0.25, -0.2) is 4.79 Å². The van der Waals surface area contributed by atoms with Gasteiger partial charge in [-0.05, 0) is 36.8 Å². The molecule has 6 heteroatoms. The Morgan fingerprint density at radius 2 is 1.72 bits per heavy atom. The number of ether oxygens (including phenoxy) is 4. The standard InChI is InChI=1S/C23H28O6/c1-15-20(13-24)28-16(2)22(29-23(25)18-7-5-4-6-8-18)21(15)27-14-17-9-11-19(26-3)12-10-17/h4-12,15-16,20-22,24H,13-14H2,1-3H3. The molecule has 0 amide bonds. The Kier molecular flexibility index (Phi) is 7.25. The highest BCUT2D eigenvalue weighted by Gasteiger charge is 2.44. The molecule has 0 radical (unpaired) electrons. The van der Waals surface area contributed by atoms with Crippen LogP contribution in [-0.2, 0) is 20.8 Å². The summed E-state index contributed by atoms with van der Waals surface area (Å²) >= 11 is 0. The van der Waals surface area contributed by atoms with Crippen molar-refractivity contribution in [1.82, 2.24) is 0 Å². The summed E-state index contributed by atoms with van der Waals surface area (Å²) in [7, 11) is 1.62. The van der Waals surface area contributed by atoms with Gasteiger partial charge in [0, 0.05) is 5.92 Å². The van der Waals surface area contributed by atoms with Crippen molar-refractivity contribution in [2.24, 2.45) is 5.92 Å². The van der Waals surface area contributed by atoms with Crippen LogP contribution in [0.5, 0.6) is 5.75 Å². The Morgan fingerprint density at radius 1 is 1.03 bits per heavy atom. The van der Waals surface area contributed by atoms with Crippen molar-refractivity contribution in [3.05, 3.63) is 65.7 Å². The van der Waals surface area contributed by atoms with E-state index in [0.29, 0.717) is 12.2 Å². The summed E-state index contributed by atoms with van der Waals surface area (Å²) in [4.78, 5) is 12.6. The first kappa shape index (κ1) is 21.3. The molecule has 5 unspecified atom stereocenters. The lowest BCUT2D eigenvalue weighted by atomic mass is 9.88. The van der Waals surface area contributed by atoms with Crippen LogP contribution in [0.3, 0.4) is 0 Å². The van der Waals surface area contributed by atoms with Gasteiger partial charge in [-0.1, -0.05) is 37.3 Å². The quantitative estimate of drug-likeness (QED) is 0.720. The maximum absolute atomic E-state index is 12.6. The highest BCUT2D eigenvalue weighted by atomic mass is 16.6. The molecule has 0 saturated carbocycles. The fourth-order valence-corrected chi connectivity index (χ4v) is 3.55. The molecule has 2 aromatic rings. The minimum absolute atomic E-state index is 0.118. The van der Waals surface area contributed by atoms with Crippen LogP contribution in [0.4, 0.5) is 0 Å². The minimum atomic E-state index is -0.584. The van der Waals surface area contributed by atoms with Crippen molar-refractivity contribution in [2.75, 3.05) is 13.7 Å². The van der Waals surface area contributed by atoms with Gasteiger partial charge >= 0.3 is 5.97 Å². The second-order valence-electron chi connectivity index (χ2n) is 7.28. The summed E-state index contributed by atoms with van der Waals surface area (Å²) in [5, 5.41) is 9.68. The monoisotopic (exact) mass is 400 g/mol. The van der Waals surface area contributed by atoms with Gasteiger partial charge in [0.05, 0.1) is 38.1 Å². The van der Waals surface area contributed by atoms with Crippen molar-refractivity contribution in [3.63, 3.8) is 0 Å². The Morgan fingerprint density at radius 3 is 2.34 bits per heavy atom. The molecule has 0 spiro atoms. The van der Waals surface area contributed by atoms with Gasteiger partial charge in [0.2, 0.25) is 0 Å². The number of aliphatic hydroxyl groups is 1. The van der Waals surface area contributed by atoms with E-state index in [9.17, 15) is 9.90 Å². The summed E-state index contributed by atoms with van der Waals surface area (Å²) in [6.07, 6.45) is -1.78. The molecule has 29 heavy (non-hydrogen) atoms. The molecule has 1 aliphatic rings. The summed E-state index contributed by atoms with van der Waals surface area (Å²) in [6, 6.07) is 16.5. The molecule has 1 heterocycles. The molecule has 1 aliphatic heterocycles. The van der Waals surface area contributed by atoms with Gasteiger partial charge in [0.25, 0.3) is 0 Å². The Labute approximate surface area is 171 Å². The van der Waals surface area contributed by atoms with E-state index in [0.717, 1.165) is 11.3 Å². The smallest absolute Gasteiger partial charge is 0.338 e. The largest absolute Gasteiger partial charge is 0.497 e. The van der Waals surface area contributed by atoms with Crippen LogP contribution in [0.1, 0.15) is 29.8 Å². The van der Waals surface area contributed by atoms with Gasteiger partial charge < -0.3 is 24.1 Å². The lowest BCUT2D eigenvalue weighted by Gasteiger charge is -2.43. The van der Waals surface area contributed by atoms with E-state index in [1.54, 1.807) is 31.4 Å². The van der Waals surface area contributed by atoms with E-state index in [-0.39, 0.29) is 18.6 Å². The van der Waals surface area contributed by atoms with Crippen LogP contribution in [0, 0.1) is 5.92 Å². The number of esters is 1. The molecular formula is C23H28O6. The van der Waals surface area contributed by atoms with Crippen LogP contribution in [0.2, 0.25) is 0 Å². The average Bonchev–Trinajstić information content (AvgIpc) is 2.76. The fraction of sp³-hybridized carbons (Fsp3) is 0.435. The van der Waals surface area contributed by atoms with Gasteiger partial charge in [-0.15, -0.1) is 0 Å². The lowest BCUT2D eigenvalue weighted by Crippen LogP contribution is -2.56. The zero-order valence-corrected chi connectivity index (χ0v) is 17.0. The SMILES string of the molecule is COc1ccc(COC2C(C)C(CO)OC(C)C2OC(=O)c2ccccc2)cc1. The van der Waals surface area contributed by atoms with E-state index in [2.05, 4.69) is 0 Å². The van der Waals surface area contributed by atoms with Crippen molar-refractivity contribution < 1.29 is 28.8 Å². The molecule has 1 saturated heterocycles. The number of carbonyl (C=O) groups is 1. The van der Waals surface area contributed by atoms with Crippen molar-refractivity contribution in [1.29, 1.82) is 0 Å². The third kappa shape index (κ3) is 5.15. The van der Waals surface area contributed by atoms with E-state index in [4.69, 9.17) is 18.9 Å². The van der Waals surface area contributed by atoms with Crippen LogP contribution in [0.25, 0.3) is 0 Å². The zero-order chi connectivity index (χ0) is 20.8. The number of hydrogen-bond donors (Lipinski definition) is 1. The summed E-state index contributed by atoms with van der Waals surface area (Å²) < 4.78 is 23.1. The molecule has 1 fully saturated rings. The third-order valence-electron chi connectivity index (χ3n) is 5.31. The third-order valence-corrected chi connectivity index (χ3v) is 5.31. The summed E-state index contributed by atoms with van der Waals surface area (Å²) in [6.45, 7) is 4.01. The second kappa shape index (κ2) is 9.87. The number of rotatable bonds is 7. The average molecular weight is 400 g/mol. The fourth-order valence-electron chi connectivity index (χ4n) is 3.55. The van der Waals surface area contributed by atoms with Gasteiger partial charge in [-0.2, -0.15) is 0 Å². The van der Waals surface area contributed by atoms with Crippen LogP contribution in [-0.4, -0.2) is 49.2 Å². The van der Waals surface area contributed by atoms with E-state index >= 15 is 0 Å². The second-order valence-corrected chi connectivity index (χ2v) is 7.28. The molecule has 0 aromatic heterocycles. The van der Waals surface area contributed by atoms with E-state index in [1.165, 1.54) is 0 Å². The van der Waals surface area contributed by atoms with Crippen LogP contribution < -0.4 is 4.74 Å². The van der Waals surface area contributed by atoms with E-state index < -0.39 is 24.3 Å². The van der Waals surface area contributed by atoms with Crippen molar-refractivity contribution >= 4 is 5.97 Å². The molecule has 5 atom stereocenters. The first-order chi connectivity index (χ1) is 14.0. The number of methoxy groups -OCH3 is 1. The number of hydrogen-bond acceptors (Lipinski definition) is 6. The summed E-state index contributed by atoms with van der Waals surface area (Å²) in [5.41, 5.74) is 1.45. The Bertz CT molecular complexity index is 776. The summed E-state index contributed by atoms with van der Waals surface area (Å²) in [5.74, 6) is 0.207. The normalized spacial score (nSPS) is 26.7. The highest BCUT2D eigenvalue weighted by Crippen LogP contribution is 2.31. The number of carbonyl (C=O) groups excluding carboxylic acids is 1. The van der Waals surface area contributed by atoms with Crippen molar-refractivity contribution in [2.45, 2.75) is 44.9 Å². The predicted molar refractivity (Wildman–Crippen MR) is 108 cm³/mol. The topological polar surface area (TPSA) is 74.2 Å². The molecule has 2 aromatic carbocycles. The first-order valence-corrected chi connectivity index (χ1v) is 9.80. The minimum Gasteiger partial charge on any atom is -0.497 e. The number of aliphatic hydroxyl groups excluding tert-OH is 1.